The Morgan fingerprint density at radius 1 is 1.43 bits per heavy atom. The van der Waals surface area contributed by atoms with Crippen LogP contribution in [0.3, 0.4) is 0 Å². The van der Waals surface area contributed by atoms with Gasteiger partial charge < -0.3 is 19.9 Å². The number of aryl methyl sites for hydroxylation is 1. The minimum atomic E-state index is -0.443. The number of amidine groups is 1. The predicted molar refractivity (Wildman–Crippen MR) is 108 cm³/mol. The van der Waals surface area contributed by atoms with Gasteiger partial charge in [0.2, 0.25) is 5.13 Å². The van der Waals surface area contributed by atoms with Crippen LogP contribution in [0.4, 0.5) is 5.13 Å². The number of hydrogen-bond acceptors (Lipinski definition) is 9. The highest BCUT2D eigenvalue weighted by Crippen LogP contribution is 2.35. The summed E-state index contributed by atoms with van der Waals surface area (Å²) in [6.07, 6.45) is 1.55. The predicted octanol–water partition coefficient (Wildman–Crippen LogP) is 3.23. The normalized spacial score (nSPS) is 16.5. The Bertz CT molecular complexity index is 997. The number of nitrogens with one attached hydrogen (secondary N) is 1. The summed E-state index contributed by atoms with van der Waals surface area (Å²) in [5.41, 5.74) is 0.974. The molecule has 10 heteroatoms. The van der Waals surface area contributed by atoms with Gasteiger partial charge in [-0.25, -0.2) is 9.78 Å². The third kappa shape index (κ3) is 4.18. The van der Waals surface area contributed by atoms with Gasteiger partial charge in [0.15, 0.2) is 16.7 Å². The number of aliphatic imine (C=N–C) groups is 1. The van der Waals surface area contributed by atoms with E-state index in [9.17, 15) is 14.7 Å². The molecule has 28 heavy (non-hydrogen) atoms. The maximum absolute atomic E-state index is 12.2. The minimum absolute atomic E-state index is 0.0501. The highest BCUT2D eigenvalue weighted by atomic mass is 32.2. The van der Waals surface area contributed by atoms with Crippen LogP contribution in [0.2, 0.25) is 0 Å². The smallest absolute Gasteiger partial charge is 0.350 e. The lowest BCUT2D eigenvalue weighted by molar-refractivity contribution is -0.115. The van der Waals surface area contributed by atoms with Crippen LogP contribution in [0.15, 0.2) is 28.1 Å². The van der Waals surface area contributed by atoms with E-state index in [0.717, 1.165) is 23.1 Å². The third-order valence-electron chi connectivity index (χ3n) is 3.63. The molecule has 8 nitrogen and oxygen atoms in total. The molecular formula is C18H17N3O5S2. The molecule has 0 bridgehead atoms. The summed E-state index contributed by atoms with van der Waals surface area (Å²) in [7, 11) is 1.45. The maximum atomic E-state index is 12.2. The molecule has 1 saturated heterocycles. The Hall–Kier alpha value is -2.85. The van der Waals surface area contributed by atoms with Crippen molar-refractivity contribution in [1.82, 2.24) is 10.3 Å². The molecule has 3 rings (SSSR count). The van der Waals surface area contributed by atoms with E-state index < -0.39 is 5.97 Å². The number of thioether (sulfide) groups is 1. The van der Waals surface area contributed by atoms with E-state index in [-0.39, 0.29) is 18.3 Å². The van der Waals surface area contributed by atoms with E-state index in [1.807, 2.05) is 0 Å². The van der Waals surface area contributed by atoms with Crippen molar-refractivity contribution in [2.45, 2.75) is 13.8 Å². The van der Waals surface area contributed by atoms with E-state index in [2.05, 4.69) is 15.3 Å². The van der Waals surface area contributed by atoms with Gasteiger partial charge >= 0.3 is 5.97 Å². The lowest BCUT2D eigenvalue weighted by atomic mass is 10.1. The fraction of sp³-hybridized carbons (Fsp3) is 0.222. The largest absolute Gasteiger partial charge is 0.504 e. The number of phenolic OH excluding ortho intramolecular Hbond substituents is 1. The summed E-state index contributed by atoms with van der Waals surface area (Å²) in [4.78, 5) is 33.4. The van der Waals surface area contributed by atoms with Crippen molar-refractivity contribution in [3.8, 4) is 11.5 Å². The molecule has 0 unspecified atom stereocenters. The second kappa shape index (κ2) is 8.44. The van der Waals surface area contributed by atoms with E-state index in [0.29, 0.717) is 37.1 Å². The number of thiazole rings is 1. The van der Waals surface area contributed by atoms with Crippen molar-refractivity contribution in [2.75, 3.05) is 13.7 Å². The number of para-hydroxylation sites is 1. The van der Waals surface area contributed by atoms with Gasteiger partial charge in [0.25, 0.3) is 5.91 Å². The summed E-state index contributed by atoms with van der Waals surface area (Å²) < 4.78 is 10.1. The highest BCUT2D eigenvalue weighted by molar-refractivity contribution is 8.18. The topological polar surface area (TPSA) is 110 Å². The van der Waals surface area contributed by atoms with Crippen LogP contribution in [0.5, 0.6) is 11.5 Å². The van der Waals surface area contributed by atoms with Gasteiger partial charge in [-0.2, -0.15) is 4.99 Å². The Morgan fingerprint density at radius 2 is 2.21 bits per heavy atom. The molecule has 1 aliphatic rings. The summed E-state index contributed by atoms with van der Waals surface area (Å²) >= 11 is 2.21. The molecule has 1 aromatic carbocycles. The van der Waals surface area contributed by atoms with Gasteiger partial charge in [-0.1, -0.05) is 23.5 Å². The van der Waals surface area contributed by atoms with Crippen molar-refractivity contribution in [1.29, 1.82) is 0 Å². The number of methoxy groups -OCH3 is 1. The van der Waals surface area contributed by atoms with Crippen LogP contribution >= 0.6 is 23.1 Å². The number of aromatic hydroxyl groups is 1. The molecule has 0 aliphatic carbocycles. The number of phenols is 1. The molecule has 0 saturated carbocycles. The molecule has 2 aromatic rings. The first-order valence-electron chi connectivity index (χ1n) is 8.23. The SMILES string of the molecule is CCOC(=O)c1sc(N=C2NC(=O)/C(=C/c3cccc(OC)c3O)S2)nc1C. The Kier molecular flexibility index (Phi) is 6.00. The summed E-state index contributed by atoms with van der Waals surface area (Å²) in [5.74, 6) is -0.520. The highest BCUT2D eigenvalue weighted by Gasteiger charge is 2.25. The van der Waals surface area contributed by atoms with Gasteiger partial charge in [0.05, 0.1) is 24.3 Å². The zero-order chi connectivity index (χ0) is 20.3. The van der Waals surface area contributed by atoms with Crippen LogP contribution in [-0.4, -0.2) is 40.9 Å². The number of hydrogen-bond donors (Lipinski definition) is 2. The Morgan fingerprint density at radius 3 is 2.93 bits per heavy atom. The Balaban J connectivity index is 1.83. The number of aromatic nitrogens is 1. The van der Waals surface area contributed by atoms with E-state index in [1.54, 1.807) is 38.1 Å². The van der Waals surface area contributed by atoms with Gasteiger partial charge in [-0.15, -0.1) is 0 Å². The number of esters is 1. The first-order chi connectivity index (χ1) is 13.4. The molecule has 1 aromatic heterocycles. The summed E-state index contributed by atoms with van der Waals surface area (Å²) in [5, 5.41) is 13.5. The van der Waals surface area contributed by atoms with Gasteiger partial charge in [-0.3, -0.25) is 4.79 Å². The van der Waals surface area contributed by atoms with Crippen LogP contribution in [0.1, 0.15) is 27.9 Å². The van der Waals surface area contributed by atoms with E-state index >= 15 is 0 Å². The summed E-state index contributed by atoms with van der Waals surface area (Å²) in [6, 6.07) is 5.01. The second-order valence-electron chi connectivity index (χ2n) is 5.51. The monoisotopic (exact) mass is 419 g/mol. The lowest BCUT2D eigenvalue weighted by Crippen LogP contribution is -2.19. The molecule has 2 heterocycles. The third-order valence-corrected chi connectivity index (χ3v) is 5.57. The average molecular weight is 419 g/mol. The zero-order valence-electron chi connectivity index (χ0n) is 15.3. The van der Waals surface area contributed by atoms with Gasteiger partial charge in [0, 0.05) is 5.56 Å². The van der Waals surface area contributed by atoms with Gasteiger partial charge in [0.1, 0.15) is 4.88 Å². The van der Waals surface area contributed by atoms with Crippen molar-refractivity contribution in [2.24, 2.45) is 4.99 Å². The zero-order valence-corrected chi connectivity index (χ0v) is 16.9. The minimum Gasteiger partial charge on any atom is -0.504 e. The van der Waals surface area contributed by atoms with E-state index in [1.165, 1.54) is 7.11 Å². The first kappa shape index (κ1) is 19.9. The standard InChI is InChI=1S/C18H17N3O5S2/c1-4-26-16(24)14-9(2)19-17(28-14)21-18-20-15(23)12(27-18)8-10-6-5-7-11(25-3)13(10)22/h5-8,22H,4H2,1-3H3,(H,19,20,21,23)/b12-8-. The molecule has 146 valence electrons. The second-order valence-corrected chi connectivity index (χ2v) is 7.52. The fourth-order valence-corrected chi connectivity index (χ4v) is 4.05. The van der Waals surface area contributed by atoms with Crippen LogP contribution < -0.4 is 10.1 Å². The quantitative estimate of drug-likeness (QED) is 0.565. The molecular weight excluding hydrogens is 402 g/mol. The number of benzene rings is 1. The molecule has 1 fully saturated rings. The molecule has 2 N–H and O–H groups in total. The molecule has 1 aliphatic heterocycles. The summed E-state index contributed by atoms with van der Waals surface area (Å²) in [6.45, 7) is 3.70. The molecule has 1 amide bonds. The van der Waals surface area contributed by atoms with Crippen molar-refractivity contribution >= 4 is 51.4 Å². The lowest BCUT2D eigenvalue weighted by Gasteiger charge is -2.05. The number of rotatable bonds is 5. The average Bonchev–Trinajstić information content (AvgIpc) is 3.19. The number of carbonyl (C=O) groups is 2. The van der Waals surface area contributed by atoms with Crippen molar-refractivity contribution in [3.05, 3.63) is 39.2 Å². The Labute approximate surface area is 169 Å². The number of ether oxygens (including phenoxy) is 2. The van der Waals surface area contributed by atoms with Gasteiger partial charge in [-0.05, 0) is 37.8 Å². The molecule has 0 radical (unpaired) electrons. The molecule has 0 spiro atoms. The van der Waals surface area contributed by atoms with Crippen LogP contribution in [-0.2, 0) is 9.53 Å². The van der Waals surface area contributed by atoms with Crippen LogP contribution in [0.25, 0.3) is 6.08 Å². The number of carbonyl (C=O) groups excluding carboxylic acids is 2. The first-order valence-corrected chi connectivity index (χ1v) is 9.86. The molecule has 0 atom stereocenters. The maximum Gasteiger partial charge on any atom is 0.350 e. The van der Waals surface area contributed by atoms with Crippen molar-refractivity contribution < 1.29 is 24.2 Å². The van der Waals surface area contributed by atoms with Crippen LogP contribution in [0, 0.1) is 6.92 Å². The fourth-order valence-electron chi connectivity index (χ4n) is 2.35. The van der Waals surface area contributed by atoms with Crippen molar-refractivity contribution in [3.63, 3.8) is 0 Å². The van der Waals surface area contributed by atoms with E-state index in [4.69, 9.17) is 9.47 Å². The number of amides is 1. The number of nitrogens with zero attached hydrogens (tertiary/aromatic N) is 2.